The summed E-state index contributed by atoms with van der Waals surface area (Å²) < 4.78 is 24.5. The van der Waals surface area contributed by atoms with Crippen molar-refractivity contribution in [2.75, 3.05) is 23.9 Å². The number of fused-ring (bicyclic) bond motifs is 1. The summed E-state index contributed by atoms with van der Waals surface area (Å²) in [7, 11) is 1.50. The number of nitrogens with one attached hydrogen (secondary N) is 1. The first-order valence-electron chi connectivity index (χ1n) is 8.90. The van der Waals surface area contributed by atoms with Crippen LogP contribution in [0.25, 0.3) is 11.3 Å². The van der Waals surface area contributed by atoms with Crippen molar-refractivity contribution in [2.24, 2.45) is 17.8 Å². The number of anilines is 3. The molecule has 2 saturated heterocycles. The van der Waals surface area contributed by atoms with Crippen molar-refractivity contribution in [3.63, 3.8) is 0 Å². The summed E-state index contributed by atoms with van der Waals surface area (Å²) >= 11 is 0. The lowest BCUT2D eigenvalue weighted by molar-refractivity contribution is 0.411. The van der Waals surface area contributed by atoms with Crippen molar-refractivity contribution in [1.82, 2.24) is 15.1 Å². The Balaban J connectivity index is 1.22. The topological polar surface area (TPSA) is 76.3 Å². The Labute approximate surface area is 154 Å². The maximum absolute atomic E-state index is 14.2. The van der Waals surface area contributed by atoms with E-state index in [0.29, 0.717) is 34.8 Å². The molecule has 2 bridgehead atoms. The van der Waals surface area contributed by atoms with Gasteiger partial charge >= 0.3 is 0 Å². The molecule has 2 aliphatic carbocycles. The van der Waals surface area contributed by atoms with Gasteiger partial charge in [-0.3, -0.25) is 0 Å². The number of halogens is 1. The molecule has 136 valence electrons. The Kier molecular flexibility index (Phi) is 2.87. The number of methoxy groups -OCH3 is 1. The van der Waals surface area contributed by atoms with Gasteiger partial charge in [-0.15, -0.1) is 0 Å². The standard InChI is InChI=1S/C19H16FN5O2/c1-26-9-2-3-10(12(20)6-9)13-7-15(27-24-13)22-14-4-5-21-19(23-14)25-8-11-16-17(11)18(16)25/h2-7,11,16-18H,8H2,1H3,(H,21,22,23). The maximum Gasteiger partial charge on any atom is 0.230 e. The third kappa shape index (κ3) is 2.22. The monoisotopic (exact) mass is 365 g/mol. The molecule has 0 spiro atoms. The first-order chi connectivity index (χ1) is 13.2. The molecule has 3 aromatic rings. The summed E-state index contributed by atoms with van der Waals surface area (Å²) in [5, 5.41) is 7.03. The minimum Gasteiger partial charge on any atom is -0.497 e. The fourth-order valence-corrected chi connectivity index (χ4v) is 4.33. The van der Waals surface area contributed by atoms with Crippen LogP contribution in [0.3, 0.4) is 0 Å². The predicted octanol–water partition coefficient (Wildman–Crippen LogP) is 3.09. The average molecular weight is 365 g/mol. The fraction of sp³-hybridized carbons (Fsp3) is 0.316. The van der Waals surface area contributed by atoms with Crippen molar-refractivity contribution in [3.8, 4) is 17.0 Å². The normalized spacial score (nSPS) is 26.7. The predicted molar refractivity (Wildman–Crippen MR) is 95.4 cm³/mol. The summed E-state index contributed by atoms with van der Waals surface area (Å²) in [6, 6.07) is 8.67. The Bertz CT molecular complexity index is 1040. The molecule has 0 amide bonds. The van der Waals surface area contributed by atoms with E-state index in [9.17, 15) is 4.39 Å². The molecule has 2 unspecified atom stereocenters. The van der Waals surface area contributed by atoms with Crippen LogP contribution in [-0.4, -0.2) is 34.8 Å². The number of piperidine rings is 1. The molecule has 4 aliphatic rings. The van der Waals surface area contributed by atoms with Crippen LogP contribution in [0, 0.1) is 23.6 Å². The molecule has 27 heavy (non-hydrogen) atoms. The molecular formula is C19H16FN5O2. The van der Waals surface area contributed by atoms with Crippen LogP contribution >= 0.6 is 0 Å². The summed E-state index contributed by atoms with van der Waals surface area (Å²) in [6.45, 7) is 1.06. The Morgan fingerprint density at radius 2 is 2.15 bits per heavy atom. The van der Waals surface area contributed by atoms with Gasteiger partial charge in [0.25, 0.3) is 0 Å². The van der Waals surface area contributed by atoms with E-state index in [2.05, 4.69) is 25.3 Å². The van der Waals surface area contributed by atoms with Gasteiger partial charge in [-0.2, -0.15) is 4.98 Å². The fourth-order valence-electron chi connectivity index (χ4n) is 4.33. The minimum atomic E-state index is -0.422. The van der Waals surface area contributed by atoms with Crippen molar-refractivity contribution >= 4 is 17.7 Å². The molecule has 7 nitrogen and oxygen atoms in total. The highest BCUT2D eigenvalue weighted by Gasteiger charge is 2.81. The van der Waals surface area contributed by atoms with Gasteiger partial charge in [0.1, 0.15) is 23.1 Å². The molecule has 4 fully saturated rings. The van der Waals surface area contributed by atoms with Crippen LogP contribution in [0.4, 0.5) is 22.0 Å². The van der Waals surface area contributed by atoms with E-state index in [1.807, 2.05) is 0 Å². The molecule has 4 heterocycles. The van der Waals surface area contributed by atoms with Crippen LogP contribution in [0.15, 0.2) is 41.1 Å². The summed E-state index contributed by atoms with van der Waals surface area (Å²) in [4.78, 5) is 11.3. The van der Waals surface area contributed by atoms with Crippen LogP contribution in [0.2, 0.25) is 0 Å². The highest BCUT2D eigenvalue weighted by atomic mass is 19.1. The Morgan fingerprint density at radius 1 is 1.26 bits per heavy atom. The van der Waals surface area contributed by atoms with Gasteiger partial charge in [-0.1, -0.05) is 5.16 Å². The quantitative estimate of drug-likeness (QED) is 0.744. The zero-order valence-corrected chi connectivity index (χ0v) is 14.5. The SMILES string of the molecule is COc1ccc(-c2cc(Nc3ccnc(N4CC5C6C5C64)n3)on2)c(F)c1. The van der Waals surface area contributed by atoms with E-state index >= 15 is 0 Å². The average Bonchev–Trinajstić information content (AvgIpc) is 3.35. The van der Waals surface area contributed by atoms with Gasteiger partial charge in [0, 0.05) is 36.5 Å². The molecule has 0 radical (unpaired) electrons. The number of hydrogen-bond donors (Lipinski definition) is 1. The molecule has 7 rings (SSSR count). The first-order valence-corrected chi connectivity index (χ1v) is 8.90. The highest BCUT2D eigenvalue weighted by Crippen LogP contribution is 2.75. The Morgan fingerprint density at radius 3 is 2.89 bits per heavy atom. The van der Waals surface area contributed by atoms with E-state index in [1.54, 1.807) is 30.5 Å². The lowest BCUT2D eigenvalue weighted by atomic mass is 10.1. The molecular weight excluding hydrogens is 349 g/mol. The van der Waals surface area contributed by atoms with Crippen molar-refractivity contribution in [2.45, 2.75) is 6.04 Å². The van der Waals surface area contributed by atoms with Gasteiger partial charge in [-0.25, -0.2) is 9.37 Å². The van der Waals surface area contributed by atoms with Crippen molar-refractivity contribution in [3.05, 3.63) is 42.3 Å². The van der Waals surface area contributed by atoms with E-state index < -0.39 is 5.82 Å². The number of ether oxygens (including phenoxy) is 1. The van der Waals surface area contributed by atoms with Crippen molar-refractivity contribution in [1.29, 1.82) is 0 Å². The van der Waals surface area contributed by atoms with Gasteiger partial charge in [0.15, 0.2) is 0 Å². The molecule has 2 saturated carbocycles. The van der Waals surface area contributed by atoms with E-state index in [-0.39, 0.29) is 0 Å². The number of nitrogens with zero attached hydrogens (tertiary/aromatic N) is 4. The zero-order chi connectivity index (χ0) is 18.1. The van der Waals surface area contributed by atoms with Gasteiger partial charge < -0.3 is 19.5 Å². The molecule has 2 aromatic heterocycles. The van der Waals surface area contributed by atoms with Crippen molar-refractivity contribution < 1.29 is 13.7 Å². The highest BCUT2D eigenvalue weighted by molar-refractivity contribution is 5.65. The van der Waals surface area contributed by atoms with Crippen LogP contribution in [0.5, 0.6) is 5.75 Å². The van der Waals surface area contributed by atoms with E-state index in [1.165, 1.54) is 13.2 Å². The lowest BCUT2D eigenvalue weighted by Gasteiger charge is -2.15. The minimum absolute atomic E-state index is 0.343. The number of aromatic nitrogens is 3. The lowest BCUT2D eigenvalue weighted by Crippen LogP contribution is -2.22. The molecule has 2 atom stereocenters. The van der Waals surface area contributed by atoms with E-state index in [0.717, 1.165) is 30.2 Å². The summed E-state index contributed by atoms with van der Waals surface area (Å²) in [5.41, 5.74) is 0.742. The maximum atomic E-state index is 14.2. The summed E-state index contributed by atoms with van der Waals surface area (Å²) in [5.74, 6) is 4.44. The van der Waals surface area contributed by atoms with Gasteiger partial charge in [-0.05, 0) is 36.0 Å². The molecule has 8 heteroatoms. The molecule has 2 aliphatic heterocycles. The number of rotatable bonds is 5. The number of hydrogen-bond acceptors (Lipinski definition) is 7. The summed E-state index contributed by atoms with van der Waals surface area (Å²) in [6.07, 6.45) is 1.73. The third-order valence-corrected chi connectivity index (χ3v) is 5.82. The zero-order valence-electron chi connectivity index (χ0n) is 14.5. The second-order valence-electron chi connectivity index (χ2n) is 7.25. The first kappa shape index (κ1) is 15.0. The smallest absolute Gasteiger partial charge is 0.230 e. The Hall–Kier alpha value is -3.16. The molecule has 1 N–H and O–H groups in total. The van der Waals surface area contributed by atoms with Gasteiger partial charge in [0.05, 0.1) is 7.11 Å². The van der Waals surface area contributed by atoms with Crippen LogP contribution < -0.4 is 15.0 Å². The number of benzene rings is 1. The second kappa shape index (κ2) is 5.18. The molecule has 1 aromatic carbocycles. The second-order valence-corrected chi connectivity index (χ2v) is 7.25. The van der Waals surface area contributed by atoms with E-state index in [4.69, 9.17) is 9.26 Å². The van der Waals surface area contributed by atoms with Crippen LogP contribution in [0.1, 0.15) is 0 Å². The van der Waals surface area contributed by atoms with Crippen LogP contribution in [-0.2, 0) is 0 Å². The largest absolute Gasteiger partial charge is 0.497 e. The van der Waals surface area contributed by atoms with Gasteiger partial charge in [0.2, 0.25) is 11.8 Å². The third-order valence-electron chi connectivity index (χ3n) is 5.82.